The molecule has 78 valence electrons. The first-order valence-corrected chi connectivity index (χ1v) is 5.35. The van der Waals surface area contributed by atoms with Gasteiger partial charge in [-0.15, -0.1) is 0 Å². The molecule has 15 heavy (non-hydrogen) atoms. The van der Waals surface area contributed by atoms with Gasteiger partial charge in [0.05, 0.1) is 5.56 Å². The van der Waals surface area contributed by atoms with Crippen molar-refractivity contribution >= 4 is 11.7 Å². The van der Waals surface area contributed by atoms with Crippen molar-refractivity contribution in [3.63, 3.8) is 0 Å². The highest BCUT2D eigenvalue weighted by atomic mass is 16.6. The van der Waals surface area contributed by atoms with Gasteiger partial charge in [-0.25, -0.2) is 4.79 Å². The molecule has 3 heteroatoms. The van der Waals surface area contributed by atoms with Gasteiger partial charge in [-0.1, -0.05) is 0 Å². The van der Waals surface area contributed by atoms with Gasteiger partial charge >= 0.3 is 5.97 Å². The molecule has 0 unspecified atom stereocenters. The minimum atomic E-state index is -0.345. The molecule has 1 aromatic rings. The largest absolute Gasteiger partial charge is 0.451 e. The van der Waals surface area contributed by atoms with Gasteiger partial charge in [0.1, 0.15) is 5.60 Å². The topological polar surface area (TPSA) is 52.3 Å². The van der Waals surface area contributed by atoms with Crippen LogP contribution < -0.4 is 5.73 Å². The Morgan fingerprint density at radius 1 is 1.27 bits per heavy atom. The highest BCUT2D eigenvalue weighted by molar-refractivity contribution is 5.95. The van der Waals surface area contributed by atoms with Gasteiger partial charge in [0, 0.05) is 11.3 Å². The third kappa shape index (κ3) is 1.09. The Kier molecular flexibility index (Phi) is 1.61. The van der Waals surface area contributed by atoms with Gasteiger partial charge in [-0.3, -0.25) is 0 Å². The van der Waals surface area contributed by atoms with E-state index in [2.05, 4.69) is 0 Å². The zero-order valence-corrected chi connectivity index (χ0v) is 8.45. The first-order valence-electron chi connectivity index (χ1n) is 5.35. The second-order valence-corrected chi connectivity index (χ2v) is 4.40. The molecule has 0 bridgehead atoms. The molecule has 0 amide bonds. The van der Waals surface area contributed by atoms with Crippen molar-refractivity contribution in [2.45, 2.75) is 31.3 Å². The predicted molar refractivity (Wildman–Crippen MR) is 56.4 cm³/mol. The molecule has 3 rings (SSSR count). The Morgan fingerprint density at radius 3 is 2.73 bits per heavy atom. The maximum atomic E-state index is 11.7. The van der Waals surface area contributed by atoms with Crippen molar-refractivity contribution in [2.24, 2.45) is 0 Å². The third-order valence-corrected chi connectivity index (χ3v) is 3.45. The molecule has 1 saturated carbocycles. The van der Waals surface area contributed by atoms with E-state index in [9.17, 15) is 4.79 Å². The standard InChI is InChI=1S/C12H13NO2/c13-8-3-4-9-10(7-8)12(15-11(9)14)5-1-2-6-12/h3-4,7H,1-2,5-6,13H2. The first-order chi connectivity index (χ1) is 7.21. The molecule has 2 N–H and O–H groups in total. The minimum absolute atomic E-state index is 0.188. The lowest BCUT2D eigenvalue weighted by atomic mass is 9.90. The van der Waals surface area contributed by atoms with Crippen molar-refractivity contribution in [1.29, 1.82) is 0 Å². The van der Waals surface area contributed by atoms with Crippen LogP contribution in [0.4, 0.5) is 5.69 Å². The van der Waals surface area contributed by atoms with E-state index in [-0.39, 0.29) is 11.6 Å². The Bertz CT molecular complexity index is 433. The van der Waals surface area contributed by atoms with Crippen molar-refractivity contribution < 1.29 is 9.53 Å². The van der Waals surface area contributed by atoms with Crippen molar-refractivity contribution in [1.82, 2.24) is 0 Å². The van der Waals surface area contributed by atoms with Crippen LogP contribution in [0.15, 0.2) is 18.2 Å². The number of nitrogen functional groups attached to an aromatic ring is 1. The molecule has 0 atom stereocenters. The van der Waals surface area contributed by atoms with Crippen molar-refractivity contribution in [3.05, 3.63) is 29.3 Å². The lowest BCUT2D eigenvalue weighted by Crippen LogP contribution is -2.21. The summed E-state index contributed by atoms with van der Waals surface area (Å²) >= 11 is 0. The minimum Gasteiger partial charge on any atom is -0.451 e. The molecule has 3 nitrogen and oxygen atoms in total. The summed E-state index contributed by atoms with van der Waals surface area (Å²) in [4.78, 5) is 11.7. The van der Waals surface area contributed by atoms with Crippen molar-refractivity contribution in [2.75, 3.05) is 5.73 Å². The van der Waals surface area contributed by atoms with Gasteiger partial charge in [0.2, 0.25) is 0 Å². The van der Waals surface area contributed by atoms with Crippen molar-refractivity contribution in [3.8, 4) is 0 Å². The van der Waals surface area contributed by atoms with E-state index in [4.69, 9.17) is 10.5 Å². The number of anilines is 1. The summed E-state index contributed by atoms with van der Waals surface area (Å²) in [6, 6.07) is 5.43. The number of rotatable bonds is 0. The van der Waals surface area contributed by atoms with Crippen LogP contribution in [0.5, 0.6) is 0 Å². The zero-order chi connectivity index (χ0) is 10.5. The lowest BCUT2D eigenvalue weighted by molar-refractivity contribution is -0.00480. The van der Waals surface area contributed by atoms with E-state index >= 15 is 0 Å². The van der Waals surface area contributed by atoms with Crippen LogP contribution in [0.25, 0.3) is 0 Å². The molecule has 1 heterocycles. The quantitative estimate of drug-likeness (QED) is 0.519. The van der Waals surface area contributed by atoms with Gasteiger partial charge in [0.15, 0.2) is 0 Å². The summed E-state index contributed by atoms with van der Waals surface area (Å²) in [7, 11) is 0. The van der Waals surface area contributed by atoms with Crippen LogP contribution in [0, 0.1) is 0 Å². The average Bonchev–Trinajstić information content (AvgIpc) is 2.76. The fourth-order valence-electron chi connectivity index (χ4n) is 2.72. The second kappa shape index (κ2) is 2.75. The Labute approximate surface area is 88.2 Å². The van der Waals surface area contributed by atoms with Crippen LogP contribution in [-0.2, 0) is 10.3 Å². The lowest BCUT2D eigenvalue weighted by Gasteiger charge is -2.22. The molecular formula is C12H13NO2. The van der Waals surface area contributed by atoms with Gasteiger partial charge in [0.25, 0.3) is 0 Å². The number of hydrogen-bond donors (Lipinski definition) is 1. The Hall–Kier alpha value is -1.51. The summed E-state index contributed by atoms with van der Waals surface area (Å²) in [6.07, 6.45) is 4.13. The van der Waals surface area contributed by atoms with Gasteiger partial charge in [-0.05, 0) is 43.9 Å². The number of benzene rings is 1. The zero-order valence-electron chi connectivity index (χ0n) is 8.45. The second-order valence-electron chi connectivity index (χ2n) is 4.40. The number of ether oxygens (including phenoxy) is 1. The van der Waals surface area contributed by atoms with Crippen LogP contribution in [-0.4, -0.2) is 5.97 Å². The highest BCUT2D eigenvalue weighted by Crippen LogP contribution is 2.48. The predicted octanol–water partition coefficient (Wildman–Crippen LogP) is 2.21. The maximum absolute atomic E-state index is 11.7. The summed E-state index contributed by atoms with van der Waals surface area (Å²) in [5, 5.41) is 0. The molecule has 1 fully saturated rings. The number of esters is 1. The van der Waals surface area contributed by atoms with E-state index in [1.54, 1.807) is 12.1 Å². The van der Waals surface area contributed by atoms with Crippen LogP contribution in [0.3, 0.4) is 0 Å². The normalized spacial score (nSPS) is 21.7. The maximum Gasteiger partial charge on any atom is 0.339 e. The molecule has 1 aliphatic heterocycles. The van der Waals surface area contributed by atoms with Gasteiger partial charge in [-0.2, -0.15) is 0 Å². The van der Waals surface area contributed by atoms with E-state index in [1.165, 1.54) is 0 Å². The summed E-state index contributed by atoms with van der Waals surface area (Å²) in [5.74, 6) is -0.188. The molecule has 1 aromatic carbocycles. The van der Waals surface area contributed by atoms with E-state index in [0.29, 0.717) is 11.3 Å². The molecule has 0 radical (unpaired) electrons. The van der Waals surface area contributed by atoms with E-state index in [1.807, 2.05) is 6.07 Å². The number of nitrogens with two attached hydrogens (primary N) is 1. The smallest absolute Gasteiger partial charge is 0.339 e. The molecule has 0 aromatic heterocycles. The average molecular weight is 203 g/mol. The molecule has 1 aliphatic carbocycles. The summed E-state index contributed by atoms with van der Waals surface area (Å²) < 4.78 is 5.54. The monoisotopic (exact) mass is 203 g/mol. The number of carbonyl (C=O) groups excluding carboxylic acids is 1. The number of carbonyl (C=O) groups is 1. The molecule has 1 spiro atoms. The summed E-state index contributed by atoms with van der Waals surface area (Å²) in [6.45, 7) is 0. The Balaban J connectivity index is 2.19. The Morgan fingerprint density at radius 2 is 2.00 bits per heavy atom. The fraction of sp³-hybridized carbons (Fsp3) is 0.417. The molecular weight excluding hydrogens is 190 g/mol. The summed E-state index contributed by atoms with van der Waals surface area (Å²) in [5.41, 5.74) is 7.83. The SMILES string of the molecule is Nc1ccc2c(c1)C1(CCCC1)OC2=O. The third-order valence-electron chi connectivity index (χ3n) is 3.45. The van der Waals surface area contributed by atoms with Crippen LogP contribution >= 0.6 is 0 Å². The first kappa shape index (κ1) is 8.77. The van der Waals surface area contributed by atoms with E-state index < -0.39 is 0 Å². The van der Waals surface area contributed by atoms with Crippen LogP contribution in [0.1, 0.15) is 41.6 Å². The fourth-order valence-corrected chi connectivity index (χ4v) is 2.72. The van der Waals surface area contributed by atoms with Gasteiger partial charge < -0.3 is 10.5 Å². The molecule has 0 saturated heterocycles. The van der Waals surface area contributed by atoms with E-state index in [0.717, 1.165) is 31.2 Å². The number of fused-ring (bicyclic) bond motifs is 2. The molecule has 2 aliphatic rings. The number of hydrogen-bond acceptors (Lipinski definition) is 3. The van der Waals surface area contributed by atoms with Crippen LogP contribution in [0.2, 0.25) is 0 Å². The highest BCUT2D eigenvalue weighted by Gasteiger charge is 2.47.